The predicted molar refractivity (Wildman–Crippen MR) is 66.8 cm³/mol. The zero-order chi connectivity index (χ0) is 11.8. The highest BCUT2D eigenvalue weighted by atomic mass is 15.3. The van der Waals surface area contributed by atoms with Crippen LogP contribution in [0.25, 0.3) is 0 Å². The van der Waals surface area contributed by atoms with E-state index in [1.807, 2.05) is 0 Å². The molecule has 2 aliphatic rings. The molecule has 1 aromatic rings. The Balaban J connectivity index is 1.90. The summed E-state index contributed by atoms with van der Waals surface area (Å²) < 4.78 is 0. The molecule has 1 atom stereocenters. The summed E-state index contributed by atoms with van der Waals surface area (Å²) in [5.41, 5.74) is 3.93. The number of aromatic amines is 1. The SMILES string of the molecule is Cc1[nH]nc2c1C(N1CCNCC1)CN(C)C2. The Morgan fingerprint density at radius 1 is 1.29 bits per heavy atom. The van der Waals surface area contributed by atoms with Crippen LogP contribution in [0, 0.1) is 6.92 Å². The number of rotatable bonds is 1. The number of nitrogens with one attached hydrogen (secondary N) is 2. The Kier molecular flexibility index (Phi) is 2.90. The summed E-state index contributed by atoms with van der Waals surface area (Å²) >= 11 is 0. The summed E-state index contributed by atoms with van der Waals surface area (Å²) in [5.74, 6) is 0. The normalized spacial score (nSPS) is 27.1. The Bertz CT molecular complexity index is 394. The number of likely N-dealkylation sites (N-methyl/N-ethyl adjacent to an activating group) is 1. The molecule has 0 aromatic carbocycles. The van der Waals surface area contributed by atoms with Crippen LogP contribution in [0.15, 0.2) is 0 Å². The monoisotopic (exact) mass is 235 g/mol. The van der Waals surface area contributed by atoms with Crippen LogP contribution in [0.1, 0.15) is 23.0 Å². The van der Waals surface area contributed by atoms with Crippen molar-refractivity contribution in [3.05, 3.63) is 17.0 Å². The molecular weight excluding hydrogens is 214 g/mol. The zero-order valence-corrected chi connectivity index (χ0v) is 10.7. The Labute approximate surface area is 102 Å². The lowest BCUT2D eigenvalue weighted by atomic mass is 9.97. The van der Waals surface area contributed by atoms with E-state index in [2.05, 4.69) is 39.3 Å². The Morgan fingerprint density at radius 2 is 2.06 bits per heavy atom. The molecule has 3 heterocycles. The van der Waals surface area contributed by atoms with Crippen LogP contribution in [0.4, 0.5) is 0 Å². The van der Waals surface area contributed by atoms with E-state index in [4.69, 9.17) is 0 Å². The lowest BCUT2D eigenvalue weighted by molar-refractivity contribution is 0.119. The van der Waals surface area contributed by atoms with Crippen LogP contribution >= 0.6 is 0 Å². The van der Waals surface area contributed by atoms with Gasteiger partial charge in [0.25, 0.3) is 0 Å². The molecule has 0 saturated carbocycles. The lowest BCUT2D eigenvalue weighted by Gasteiger charge is -2.39. The molecule has 0 spiro atoms. The molecule has 1 saturated heterocycles. The molecule has 1 fully saturated rings. The minimum Gasteiger partial charge on any atom is -0.314 e. The minimum atomic E-state index is 0.518. The summed E-state index contributed by atoms with van der Waals surface area (Å²) in [6.45, 7) is 8.73. The molecular formula is C12H21N5. The largest absolute Gasteiger partial charge is 0.314 e. The second kappa shape index (κ2) is 4.40. The van der Waals surface area contributed by atoms with E-state index >= 15 is 0 Å². The summed E-state index contributed by atoms with van der Waals surface area (Å²) in [7, 11) is 2.18. The first-order valence-electron chi connectivity index (χ1n) is 6.43. The topological polar surface area (TPSA) is 47.2 Å². The molecule has 0 radical (unpaired) electrons. The van der Waals surface area contributed by atoms with E-state index < -0.39 is 0 Å². The molecule has 94 valence electrons. The number of hydrogen-bond acceptors (Lipinski definition) is 4. The third kappa shape index (κ3) is 1.99. The molecule has 1 unspecified atom stereocenters. The number of aromatic nitrogens is 2. The van der Waals surface area contributed by atoms with Crippen LogP contribution in [0.2, 0.25) is 0 Å². The van der Waals surface area contributed by atoms with Gasteiger partial charge in [-0.05, 0) is 14.0 Å². The minimum absolute atomic E-state index is 0.518. The van der Waals surface area contributed by atoms with Crippen LogP contribution in [0.3, 0.4) is 0 Å². The van der Waals surface area contributed by atoms with Gasteiger partial charge in [0.1, 0.15) is 0 Å². The standard InChI is InChI=1S/C12H21N5/c1-9-12-10(15-14-9)7-16(2)8-11(12)17-5-3-13-4-6-17/h11,13H,3-8H2,1-2H3,(H,14,15). The van der Waals surface area contributed by atoms with Gasteiger partial charge in [-0.15, -0.1) is 0 Å². The van der Waals surface area contributed by atoms with E-state index in [1.165, 1.54) is 17.0 Å². The summed E-state index contributed by atoms with van der Waals surface area (Å²) in [6.07, 6.45) is 0. The van der Waals surface area contributed by atoms with Gasteiger partial charge in [-0.1, -0.05) is 0 Å². The molecule has 0 aliphatic carbocycles. The van der Waals surface area contributed by atoms with E-state index in [0.717, 1.165) is 39.3 Å². The van der Waals surface area contributed by atoms with Crippen molar-refractivity contribution in [3.8, 4) is 0 Å². The smallest absolute Gasteiger partial charge is 0.0813 e. The fourth-order valence-electron chi connectivity index (χ4n) is 3.05. The molecule has 2 aliphatic heterocycles. The van der Waals surface area contributed by atoms with Gasteiger partial charge in [0, 0.05) is 50.5 Å². The maximum absolute atomic E-state index is 4.44. The van der Waals surface area contributed by atoms with Gasteiger partial charge >= 0.3 is 0 Å². The molecule has 1 aromatic heterocycles. The molecule has 0 bridgehead atoms. The van der Waals surface area contributed by atoms with Crippen LogP contribution in [-0.4, -0.2) is 59.8 Å². The highest BCUT2D eigenvalue weighted by Crippen LogP contribution is 2.31. The van der Waals surface area contributed by atoms with E-state index in [0.29, 0.717) is 6.04 Å². The van der Waals surface area contributed by atoms with Crippen LogP contribution < -0.4 is 5.32 Å². The van der Waals surface area contributed by atoms with Crippen molar-refractivity contribution in [2.24, 2.45) is 0 Å². The van der Waals surface area contributed by atoms with Crippen molar-refractivity contribution >= 4 is 0 Å². The predicted octanol–water partition coefficient (Wildman–Crippen LogP) is 0.110. The lowest BCUT2D eigenvalue weighted by Crippen LogP contribution is -2.49. The molecule has 0 amide bonds. The van der Waals surface area contributed by atoms with Gasteiger partial charge in [-0.2, -0.15) is 5.10 Å². The maximum Gasteiger partial charge on any atom is 0.0813 e. The first kappa shape index (κ1) is 11.2. The van der Waals surface area contributed by atoms with E-state index in [-0.39, 0.29) is 0 Å². The second-order valence-electron chi connectivity index (χ2n) is 5.21. The molecule has 5 heteroatoms. The number of piperazine rings is 1. The average Bonchev–Trinajstić information content (AvgIpc) is 2.71. The summed E-state index contributed by atoms with van der Waals surface area (Å²) in [6, 6.07) is 0.518. The number of aryl methyl sites for hydroxylation is 1. The van der Waals surface area contributed by atoms with Gasteiger partial charge in [0.15, 0.2) is 0 Å². The number of hydrogen-bond donors (Lipinski definition) is 2. The quantitative estimate of drug-likeness (QED) is 0.725. The van der Waals surface area contributed by atoms with Gasteiger partial charge in [-0.25, -0.2) is 0 Å². The number of fused-ring (bicyclic) bond motifs is 1. The average molecular weight is 235 g/mol. The van der Waals surface area contributed by atoms with Crippen molar-refractivity contribution in [1.29, 1.82) is 0 Å². The zero-order valence-electron chi connectivity index (χ0n) is 10.7. The van der Waals surface area contributed by atoms with Crippen LogP contribution in [-0.2, 0) is 6.54 Å². The van der Waals surface area contributed by atoms with Gasteiger partial charge in [0.05, 0.1) is 11.7 Å². The van der Waals surface area contributed by atoms with Gasteiger partial charge in [-0.3, -0.25) is 14.9 Å². The molecule has 3 rings (SSSR count). The van der Waals surface area contributed by atoms with Crippen molar-refractivity contribution < 1.29 is 0 Å². The fraction of sp³-hybridized carbons (Fsp3) is 0.750. The summed E-state index contributed by atoms with van der Waals surface area (Å²) in [5, 5.41) is 11.0. The summed E-state index contributed by atoms with van der Waals surface area (Å²) in [4.78, 5) is 4.96. The van der Waals surface area contributed by atoms with Crippen molar-refractivity contribution in [2.75, 3.05) is 39.8 Å². The van der Waals surface area contributed by atoms with Gasteiger partial charge < -0.3 is 5.32 Å². The van der Waals surface area contributed by atoms with Crippen molar-refractivity contribution in [3.63, 3.8) is 0 Å². The molecule has 17 heavy (non-hydrogen) atoms. The Morgan fingerprint density at radius 3 is 2.82 bits per heavy atom. The van der Waals surface area contributed by atoms with Crippen molar-refractivity contribution in [2.45, 2.75) is 19.5 Å². The van der Waals surface area contributed by atoms with Gasteiger partial charge in [0.2, 0.25) is 0 Å². The van der Waals surface area contributed by atoms with E-state index in [9.17, 15) is 0 Å². The first-order valence-corrected chi connectivity index (χ1v) is 6.43. The highest BCUT2D eigenvalue weighted by Gasteiger charge is 2.32. The molecule has 2 N–H and O–H groups in total. The Hall–Kier alpha value is -0.910. The fourth-order valence-corrected chi connectivity index (χ4v) is 3.05. The number of H-pyrrole nitrogens is 1. The third-order valence-corrected chi connectivity index (χ3v) is 3.90. The number of nitrogens with zero attached hydrogens (tertiary/aromatic N) is 3. The molecule has 5 nitrogen and oxygen atoms in total. The van der Waals surface area contributed by atoms with Crippen molar-refractivity contribution in [1.82, 2.24) is 25.3 Å². The van der Waals surface area contributed by atoms with E-state index in [1.54, 1.807) is 0 Å². The first-order chi connectivity index (χ1) is 8.25. The maximum atomic E-state index is 4.44. The second-order valence-corrected chi connectivity index (χ2v) is 5.21. The highest BCUT2D eigenvalue weighted by molar-refractivity contribution is 5.30. The van der Waals surface area contributed by atoms with Crippen LogP contribution in [0.5, 0.6) is 0 Å². The third-order valence-electron chi connectivity index (χ3n) is 3.90.